The Bertz CT molecular complexity index is 673. The maximum atomic E-state index is 13.0. The Kier molecular flexibility index (Phi) is 4.39. The van der Waals surface area contributed by atoms with Gasteiger partial charge in [0.2, 0.25) is 5.91 Å². The molecule has 2 aliphatic rings. The van der Waals surface area contributed by atoms with Crippen LogP contribution in [0.2, 0.25) is 0 Å². The summed E-state index contributed by atoms with van der Waals surface area (Å²) in [6.45, 7) is 3.55. The number of carbonyl (C=O) groups is 1. The summed E-state index contributed by atoms with van der Waals surface area (Å²) in [6.07, 6.45) is 5.13. The maximum Gasteiger partial charge on any atom is 0.230 e. The van der Waals surface area contributed by atoms with E-state index in [2.05, 4.69) is 15.2 Å². The summed E-state index contributed by atoms with van der Waals surface area (Å²) in [5, 5.41) is 6.13. The van der Waals surface area contributed by atoms with Crippen LogP contribution in [0.1, 0.15) is 23.6 Å². The fourth-order valence-electron chi connectivity index (χ4n) is 3.77. The Hall–Kier alpha value is -1.70. The van der Waals surface area contributed by atoms with Gasteiger partial charge in [-0.05, 0) is 25.0 Å². The van der Waals surface area contributed by atoms with E-state index in [-0.39, 0.29) is 12.0 Å². The van der Waals surface area contributed by atoms with Crippen LogP contribution < -0.4 is 5.32 Å². The molecule has 6 nitrogen and oxygen atoms in total. The molecule has 1 N–H and O–H groups in total. The number of fused-ring (bicyclic) bond motifs is 1. The molecule has 4 heterocycles. The zero-order valence-electron chi connectivity index (χ0n) is 13.4. The molecule has 128 valence electrons. The van der Waals surface area contributed by atoms with Crippen molar-refractivity contribution < 1.29 is 13.9 Å². The van der Waals surface area contributed by atoms with E-state index in [4.69, 9.17) is 9.15 Å². The molecule has 2 fully saturated rings. The fourth-order valence-corrected chi connectivity index (χ4v) is 4.43. The van der Waals surface area contributed by atoms with Gasteiger partial charge < -0.3 is 14.5 Å². The van der Waals surface area contributed by atoms with Gasteiger partial charge in [-0.25, -0.2) is 4.98 Å². The lowest BCUT2D eigenvalue weighted by Crippen LogP contribution is -2.56. The predicted molar refractivity (Wildman–Crippen MR) is 89.4 cm³/mol. The van der Waals surface area contributed by atoms with Crippen molar-refractivity contribution in [3.8, 4) is 0 Å². The molecular formula is C17H21N3O3S. The summed E-state index contributed by atoms with van der Waals surface area (Å²) in [6, 6.07) is 3.70. The van der Waals surface area contributed by atoms with Crippen molar-refractivity contribution in [2.45, 2.75) is 32.0 Å². The molecule has 1 amide bonds. The van der Waals surface area contributed by atoms with Crippen LogP contribution in [0.4, 0.5) is 0 Å². The molecule has 0 radical (unpaired) electrons. The van der Waals surface area contributed by atoms with E-state index in [1.165, 1.54) is 0 Å². The summed E-state index contributed by atoms with van der Waals surface area (Å²) >= 11 is 1.66. The highest BCUT2D eigenvalue weighted by molar-refractivity contribution is 7.09. The van der Waals surface area contributed by atoms with Crippen LogP contribution in [-0.4, -0.2) is 41.6 Å². The number of amides is 1. The van der Waals surface area contributed by atoms with Crippen molar-refractivity contribution in [3.63, 3.8) is 0 Å². The van der Waals surface area contributed by atoms with Gasteiger partial charge in [-0.15, -0.1) is 11.3 Å². The van der Waals surface area contributed by atoms with Gasteiger partial charge in [0, 0.05) is 31.3 Å². The van der Waals surface area contributed by atoms with E-state index in [1.807, 2.05) is 23.7 Å². The predicted octanol–water partition coefficient (Wildman–Crippen LogP) is 2.03. The quantitative estimate of drug-likeness (QED) is 0.896. The van der Waals surface area contributed by atoms with E-state index >= 15 is 0 Å². The van der Waals surface area contributed by atoms with Crippen LogP contribution in [-0.2, 0) is 22.6 Å². The Labute approximate surface area is 144 Å². The standard InChI is InChI=1S/C17H21N3O3S/c21-16(19-10-13-2-1-7-22-13)17-4-8-23-14(17)3-6-20(12-17)11-15-18-5-9-24-15/h1-2,5,7,9,14H,3-4,6,8,10-12H2,(H,19,21)/t14-,17-/m1/s1. The van der Waals surface area contributed by atoms with Crippen LogP contribution in [0.5, 0.6) is 0 Å². The lowest BCUT2D eigenvalue weighted by molar-refractivity contribution is -0.139. The van der Waals surface area contributed by atoms with E-state index in [1.54, 1.807) is 17.6 Å². The van der Waals surface area contributed by atoms with Crippen molar-refractivity contribution >= 4 is 17.2 Å². The van der Waals surface area contributed by atoms with Gasteiger partial charge in [-0.2, -0.15) is 0 Å². The van der Waals surface area contributed by atoms with Crippen molar-refractivity contribution in [1.82, 2.24) is 15.2 Å². The van der Waals surface area contributed by atoms with Gasteiger partial charge in [0.15, 0.2) is 0 Å². The van der Waals surface area contributed by atoms with E-state index in [9.17, 15) is 4.79 Å². The molecular weight excluding hydrogens is 326 g/mol. The minimum Gasteiger partial charge on any atom is -0.467 e. The number of ether oxygens (including phenoxy) is 1. The Morgan fingerprint density at radius 3 is 3.29 bits per heavy atom. The second-order valence-electron chi connectivity index (χ2n) is 6.45. The Balaban J connectivity index is 1.45. The largest absolute Gasteiger partial charge is 0.467 e. The molecule has 0 aromatic carbocycles. The smallest absolute Gasteiger partial charge is 0.230 e. The van der Waals surface area contributed by atoms with E-state index in [0.717, 1.165) is 43.2 Å². The van der Waals surface area contributed by atoms with Crippen LogP contribution in [0, 0.1) is 5.41 Å². The summed E-state index contributed by atoms with van der Waals surface area (Å²) in [5.74, 6) is 0.843. The van der Waals surface area contributed by atoms with Crippen molar-refractivity contribution in [3.05, 3.63) is 40.7 Å². The molecule has 2 aromatic heterocycles. The SMILES string of the molecule is O=C(NCc1ccco1)[C@@]12CCO[C@@H]1CCN(Cc1nccs1)C2. The minimum atomic E-state index is -0.456. The second-order valence-corrected chi connectivity index (χ2v) is 7.43. The number of rotatable bonds is 5. The highest BCUT2D eigenvalue weighted by Gasteiger charge is 2.53. The van der Waals surface area contributed by atoms with Gasteiger partial charge in [-0.1, -0.05) is 0 Å². The molecule has 7 heteroatoms. The zero-order valence-corrected chi connectivity index (χ0v) is 14.3. The van der Waals surface area contributed by atoms with Crippen LogP contribution >= 0.6 is 11.3 Å². The Morgan fingerprint density at radius 1 is 1.54 bits per heavy atom. The number of piperidine rings is 1. The average Bonchev–Trinajstić information content (AvgIpc) is 3.33. The molecule has 0 saturated carbocycles. The molecule has 0 unspecified atom stereocenters. The van der Waals surface area contributed by atoms with Gasteiger partial charge in [0.25, 0.3) is 0 Å². The summed E-state index contributed by atoms with van der Waals surface area (Å²) < 4.78 is 11.2. The van der Waals surface area contributed by atoms with E-state index in [0.29, 0.717) is 13.2 Å². The molecule has 0 aliphatic carbocycles. The maximum absolute atomic E-state index is 13.0. The monoisotopic (exact) mass is 347 g/mol. The third-order valence-electron chi connectivity index (χ3n) is 4.99. The third-order valence-corrected chi connectivity index (χ3v) is 5.76. The molecule has 2 aromatic rings. The molecule has 0 spiro atoms. The number of furan rings is 1. The average molecular weight is 347 g/mol. The van der Waals surface area contributed by atoms with Gasteiger partial charge in [0.05, 0.1) is 30.9 Å². The normalized spacial score (nSPS) is 27.1. The van der Waals surface area contributed by atoms with Crippen molar-refractivity contribution in [2.24, 2.45) is 5.41 Å². The number of nitrogens with zero attached hydrogens (tertiary/aromatic N) is 2. The zero-order chi connectivity index (χ0) is 16.4. The van der Waals surface area contributed by atoms with Gasteiger partial charge in [0.1, 0.15) is 10.8 Å². The van der Waals surface area contributed by atoms with Gasteiger partial charge in [-0.3, -0.25) is 9.69 Å². The summed E-state index contributed by atoms with van der Waals surface area (Å²) in [4.78, 5) is 19.7. The number of thiazole rings is 1. The first kappa shape index (κ1) is 15.8. The molecule has 2 saturated heterocycles. The first-order valence-corrected chi connectivity index (χ1v) is 9.17. The van der Waals surface area contributed by atoms with Gasteiger partial charge >= 0.3 is 0 Å². The number of nitrogens with one attached hydrogen (secondary N) is 1. The topological polar surface area (TPSA) is 67.6 Å². The number of likely N-dealkylation sites (tertiary alicyclic amines) is 1. The summed E-state index contributed by atoms with van der Waals surface area (Å²) in [7, 11) is 0. The van der Waals surface area contributed by atoms with E-state index < -0.39 is 5.41 Å². The molecule has 24 heavy (non-hydrogen) atoms. The highest BCUT2D eigenvalue weighted by Crippen LogP contribution is 2.41. The fraction of sp³-hybridized carbons (Fsp3) is 0.529. The highest BCUT2D eigenvalue weighted by atomic mass is 32.1. The first-order chi connectivity index (χ1) is 11.8. The number of aromatic nitrogens is 1. The summed E-state index contributed by atoms with van der Waals surface area (Å²) in [5.41, 5.74) is -0.456. The van der Waals surface area contributed by atoms with Crippen LogP contribution in [0.3, 0.4) is 0 Å². The first-order valence-electron chi connectivity index (χ1n) is 8.29. The lowest BCUT2D eigenvalue weighted by atomic mass is 9.75. The molecule has 4 rings (SSSR count). The lowest BCUT2D eigenvalue weighted by Gasteiger charge is -2.42. The molecule has 2 atom stereocenters. The Morgan fingerprint density at radius 2 is 2.50 bits per heavy atom. The second kappa shape index (κ2) is 6.66. The third kappa shape index (κ3) is 2.99. The number of carbonyl (C=O) groups excluding carboxylic acids is 1. The van der Waals surface area contributed by atoms with Crippen LogP contribution in [0.25, 0.3) is 0 Å². The van der Waals surface area contributed by atoms with Crippen molar-refractivity contribution in [2.75, 3.05) is 19.7 Å². The molecule has 0 bridgehead atoms. The minimum absolute atomic E-state index is 0.0154. The van der Waals surface area contributed by atoms with Crippen molar-refractivity contribution in [1.29, 1.82) is 0 Å². The molecule has 2 aliphatic heterocycles. The van der Waals surface area contributed by atoms with Crippen LogP contribution in [0.15, 0.2) is 34.4 Å². The number of hydrogen-bond donors (Lipinski definition) is 1. The number of hydrogen-bond acceptors (Lipinski definition) is 6.